The summed E-state index contributed by atoms with van der Waals surface area (Å²) >= 11 is 1.77. The predicted octanol–water partition coefficient (Wildman–Crippen LogP) is 2.01. The van der Waals surface area contributed by atoms with E-state index in [1.807, 2.05) is 17.6 Å². The largest absolute Gasteiger partial charge is 0.230 e. The van der Waals surface area contributed by atoms with E-state index in [9.17, 15) is 0 Å². The summed E-state index contributed by atoms with van der Waals surface area (Å²) in [5, 5.41) is 4.26. The smallest absolute Gasteiger partial charge is 0.119 e. The SMILES string of the molecule is Cc1cc2sc(C)cn2n1. The zero-order valence-electron chi connectivity index (χ0n) is 5.96. The number of rotatable bonds is 0. The number of nitrogens with zero attached hydrogens (tertiary/aromatic N) is 2. The highest BCUT2D eigenvalue weighted by Crippen LogP contribution is 2.16. The molecular formula is C7H8N2S. The molecule has 0 aliphatic rings. The van der Waals surface area contributed by atoms with Crippen LogP contribution in [0.1, 0.15) is 10.6 Å². The van der Waals surface area contributed by atoms with Crippen LogP contribution in [0.25, 0.3) is 4.83 Å². The van der Waals surface area contributed by atoms with Gasteiger partial charge >= 0.3 is 0 Å². The van der Waals surface area contributed by atoms with Gasteiger partial charge in [0.15, 0.2) is 0 Å². The Kier molecular flexibility index (Phi) is 1.08. The van der Waals surface area contributed by atoms with Gasteiger partial charge in [-0.2, -0.15) is 5.10 Å². The van der Waals surface area contributed by atoms with E-state index in [4.69, 9.17) is 0 Å². The van der Waals surface area contributed by atoms with Crippen molar-refractivity contribution in [1.82, 2.24) is 9.61 Å². The molecule has 0 spiro atoms. The maximum absolute atomic E-state index is 4.26. The maximum Gasteiger partial charge on any atom is 0.119 e. The summed E-state index contributed by atoms with van der Waals surface area (Å²) in [4.78, 5) is 2.54. The molecule has 0 N–H and O–H groups in total. The van der Waals surface area contributed by atoms with Gasteiger partial charge in [-0.1, -0.05) is 0 Å². The van der Waals surface area contributed by atoms with Gasteiger partial charge in [0, 0.05) is 11.1 Å². The van der Waals surface area contributed by atoms with Crippen molar-refractivity contribution >= 4 is 16.2 Å². The number of thiazole rings is 1. The van der Waals surface area contributed by atoms with E-state index in [0.29, 0.717) is 0 Å². The van der Waals surface area contributed by atoms with Gasteiger partial charge in [-0.3, -0.25) is 0 Å². The summed E-state index contributed by atoms with van der Waals surface area (Å²) < 4.78 is 1.93. The van der Waals surface area contributed by atoms with Crippen molar-refractivity contribution in [2.45, 2.75) is 13.8 Å². The fourth-order valence-corrected chi connectivity index (χ4v) is 1.92. The molecule has 2 aromatic rings. The first-order valence-corrected chi connectivity index (χ1v) is 4.00. The molecule has 0 saturated heterocycles. The van der Waals surface area contributed by atoms with Crippen LogP contribution in [0, 0.1) is 13.8 Å². The predicted molar refractivity (Wildman–Crippen MR) is 42.5 cm³/mol. The Bertz CT molecular complexity index is 295. The quantitative estimate of drug-likeness (QED) is 0.564. The van der Waals surface area contributed by atoms with Gasteiger partial charge in [0.05, 0.1) is 5.69 Å². The van der Waals surface area contributed by atoms with E-state index in [-0.39, 0.29) is 0 Å². The Morgan fingerprint density at radius 2 is 2.30 bits per heavy atom. The number of hydrogen-bond donors (Lipinski definition) is 0. The average molecular weight is 152 g/mol. The first kappa shape index (κ1) is 5.92. The third-order valence-electron chi connectivity index (χ3n) is 1.39. The third-order valence-corrected chi connectivity index (χ3v) is 2.33. The average Bonchev–Trinajstić information content (AvgIpc) is 2.21. The van der Waals surface area contributed by atoms with E-state index in [1.54, 1.807) is 11.3 Å². The minimum atomic E-state index is 1.09. The van der Waals surface area contributed by atoms with Crippen LogP contribution in [0.15, 0.2) is 12.3 Å². The molecule has 0 aromatic carbocycles. The van der Waals surface area contributed by atoms with Crippen LogP contribution in [0.3, 0.4) is 0 Å². The highest BCUT2D eigenvalue weighted by molar-refractivity contribution is 7.17. The van der Waals surface area contributed by atoms with Gasteiger partial charge < -0.3 is 0 Å². The van der Waals surface area contributed by atoms with Crippen LogP contribution in [-0.2, 0) is 0 Å². The van der Waals surface area contributed by atoms with Crippen molar-refractivity contribution in [2.75, 3.05) is 0 Å². The van der Waals surface area contributed by atoms with Crippen LogP contribution in [0.4, 0.5) is 0 Å². The Morgan fingerprint density at radius 3 is 3.00 bits per heavy atom. The molecule has 2 aromatic heterocycles. The third kappa shape index (κ3) is 0.743. The Hall–Kier alpha value is -0.830. The second-order valence-electron chi connectivity index (χ2n) is 2.41. The Balaban J connectivity index is 2.83. The summed E-state index contributed by atoms with van der Waals surface area (Å²) in [6.45, 7) is 4.10. The highest BCUT2D eigenvalue weighted by atomic mass is 32.1. The van der Waals surface area contributed by atoms with Crippen molar-refractivity contribution in [1.29, 1.82) is 0 Å². The molecule has 0 bridgehead atoms. The number of aromatic nitrogens is 2. The van der Waals surface area contributed by atoms with Gasteiger partial charge in [0.2, 0.25) is 0 Å². The molecular weight excluding hydrogens is 144 g/mol. The molecule has 0 unspecified atom stereocenters. The van der Waals surface area contributed by atoms with E-state index >= 15 is 0 Å². The van der Waals surface area contributed by atoms with Crippen LogP contribution in [-0.4, -0.2) is 9.61 Å². The molecule has 0 aliphatic carbocycles. The molecule has 3 heteroatoms. The number of hydrogen-bond acceptors (Lipinski definition) is 2. The molecule has 0 saturated carbocycles. The zero-order valence-corrected chi connectivity index (χ0v) is 6.77. The summed E-state index contributed by atoms with van der Waals surface area (Å²) in [6.07, 6.45) is 2.05. The first-order valence-electron chi connectivity index (χ1n) is 3.18. The molecule has 2 heterocycles. The minimum Gasteiger partial charge on any atom is -0.230 e. The molecule has 52 valence electrons. The Morgan fingerprint density at radius 1 is 1.50 bits per heavy atom. The lowest BCUT2D eigenvalue weighted by molar-refractivity contribution is 0.943. The second-order valence-corrected chi connectivity index (χ2v) is 3.68. The zero-order chi connectivity index (χ0) is 7.14. The van der Waals surface area contributed by atoms with Crippen molar-refractivity contribution in [3.05, 3.63) is 22.8 Å². The molecule has 2 rings (SSSR count). The molecule has 0 aliphatic heterocycles. The van der Waals surface area contributed by atoms with Gasteiger partial charge in [0.25, 0.3) is 0 Å². The van der Waals surface area contributed by atoms with E-state index in [2.05, 4.69) is 18.1 Å². The lowest BCUT2D eigenvalue weighted by Gasteiger charge is -1.76. The van der Waals surface area contributed by atoms with E-state index < -0.39 is 0 Å². The van der Waals surface area contributed by atoms with Crippen molar-refractivity contribution in [3.8, 4) is 0 Å². The van der Waals surface area contributed by atoms with Crippen LogP contribution in [0.5, 0.6) is 0 Å². The molecule has 2 nitrogen and oxygen atoms in total. The Labute approximate surface area is 63.1 Å². The molecule has 0 fully saturated rings. The lowest BCUT2D eigenvalue weighted by atomic mass is 10.5. The summed E-state index contributed by atoms with van der Waals surface area (Å²) in [5.74, 6) is 0. The van der Waals surface area contributed by atoms with Crippen LogP contribution < -0.4 is 0 Å². The maximum atomic E-state index is 4.26. The van der Waals surface area contributed by atoms with Crippen molar-refractivity contribution in [2.24, 2.45) is 0 Å². The monoisotopic (exact) mass is 152 g/mol. The summed E-state index contributed by atoms with van der Waals surface area (Å²) in [6, 6.07) is 2.09. The first-order chi connectivity index (χ1) is 4.75. The topological polar surface area (TPSA) is 17.3 Å². The highest BCUT2D eigenvalue weighted by Gasteiger charge is 1.98. The second kappa shape index (κ2) is 1.83. The standard InChI is InChI=1S/C7H8N2S/c1-5-3-7-9(8-5)4-6(2)10-7/h3-4H,1-2H3. The minimum absolute atomic E-state index is 1.09. The van der Waals surface area contributed by atoms with Gasteiger partial charge in [0.1, 0.15) is 4.83 Å². The van der Waals surface area contributed by atoms with Gasteiger partial charge in [-0.15, -0.1) is 11.3 Å². The van der Waals surface area contributed by atoms with Crippen molar-refractivity contribution in [3.63, 3.8) is 0 Å². The fourth-order valence-electron chi connectivity index (χ4n) is 1.03. The summed E-state index contributed by atoms with van der Waals surface area (Å²) in [5.41, 5.74) is 1.09. The summed E-state index contributed by atoms with van der Waals surface area (Å²) in [7, 11) is 0. The lowest BCUT2D eigenvalue weighted by Crippen LogP contribution is -1.79. The molecule has 10 heavy (non-hydrogen) atoms. The molecule has 0 atom stereocenters. The molecule has 0 radical (unpaired) electrons. The number of fused-ring (bicyclic) bond motifs is 1. The van der Waals surface area contributed by atoms with Crippen molar-refractivity contribution < 1.29 is 0 Å². The number of aryl methyl sites for hydroxylation is 2. The normalized spacial score (nSPS) is 11.0. The van der Waals surface area contributed by atoms with Crippen LogP contribution >= 0.6 is 11.3 Å². The fraction of sp³-hybridized carbons (Fsp3) is 0.286. The van der Waals surface area contributed by atoms with Gasteiger partial charge in [-0.25, -0.2) is 4.52 Å². The van der Waals surface area contributed by atoms with Crippen LogP contribution in [0.2, 0.25) is 0 Å². The van der Waals surface area contributed by atoms with E-state index in [0.717, 1.165) is 5.69 Å². The van der Waals surface area contributed by atoms with E-state index in [1.165, 1.54) is 9.71 Å². The molecule has 0 amide bonds. The van der Waals surface area contributed by atoms with Gasteiger partial charge in [-0.05, 0) is 19.9 Å².